The van der Waals surface area contributed by atoms with Gasteiger partial charge in [0.15, 0.2) is 17.2 Å². The van der Waals surface area contributed by atoms with Gasteiger partial charge in [0, 0.05) is 48.9 Å². The van der Waals surface area contributed by atoms with E-state index in [0.29, 0.717) is 48.9 Å². The third-order valence-electron chi connectivity index (χ3n) is 8.16. The molecule has 2 bridgehead atoms. The topological polar surface area (TPSA) is 74.3 Å². The lowest BCUT2D eigenvalue weighted by molar-refractivity contribution is 0.0343. The summed E-state index contributed by atoms with van der Waals surface area (Å²) in [7, 11) is 0. The van der Waals surface area contributed by atoms with E-state index < -0.39 is 5.72 Å². The third-order valence-corrected chi connectivity index (χ3v) is 8.16. The summed E-state index contributed by atoms with van der Waals surface area (Å²) < 4.78 is 12.4. The van der Waals surface area contributed by atoms with Gasteiger partial charge in [-0.25, -0.2) is 4.79 Å². The van der Waals surface area contributed by atoms with Crippen molar-refractivity contribution < 1.29 is 19.1 Å². The number of anilines is 2. The number of ether oxygens (including phenoxy) is 2. The standard InChI is InChI=1S/C32H36N4O4/c1-5-39-28-14-8-13-26-27-19-32(4,40-29(26)28)36(31(38)33-27)25-12-7-10-23(18-25)30(37)34-15-16-35(22(3)20-34)24-11-6-9-21(2)17-24/h6-14,17-18,22,27H,5,15-16,19-20H2,1-4H3,(H,33,38)/t22-,27+,32-/m0/s1. The minimum atomic E-state index is -0.942. The number of nitrogens with zero attached hydrogens (tertiary/aromatic N) is 3. The van der Waals surface area contributed by atoms with E-state index in [0.717, 1.165) is 12.1 Å². The summed E-state index contributed by atoms with van der Waals surface area (Å²) in [6.07, 6.45) is 0.567. The van der Waals surface area contributed by atoms with Crippen LogP contribution in [0.1, 0.15) is 54.7 Å². The Kier molecular flexibility index (Phi) is 6.56. The van der Waals surface area contributed by atoms with Crippen LogP contribution < -0.4 is 24.6 Å². The molecule has 0 aromatic heterocycles. The van der Waals surface area contributed by atoms with Crippen LogP contribution in [-0.4, -0.2) is 54.8 Å². The van der Waals surface area contributed by atoms with Gasteiger partial charge in [0.05, 0.1) is 18.3 Å². The maximum absolute atomic E-state index is 13.7. The van der Waals surface area contributed by atoms with Crippen LogP contribution in [0, 0.1) is 6.92 Å². The normalized spacial score (nSPS) is 23.7. The number of carbonyl (C=O) groups excluding carboxylic acids is 2. The Bertz CT molecular complexity index is 1460. The Balaban J connectivity index is 1.24. The predicted octanol–water partition coefficient (Wildman–Crippen LogP) is 5.51. The molecule has 0 unspecified atom stereocenters. The van der Waals surface area contributed by atoms with E-state index in [-0.39, 0.29) is 24.0 Å². The van der Waals surface area contributed by atoms with Crippen LogP contribution in [0.3, 0.4) is 0 Å². The van der Waals surface area contributed by atoms with Gasteiger partial charge >= 0.3 is 6.03 Å². The van der Waals surface area contributed by atoms with Crippen molar-refractivity contribution in [2.24, 2.45) is 0 Å². The molecule has 40 heavy (non-hydrogen) atoms. The highest BCUT2D eigenvalue weighted by molar-refractivity contribution is 5.99. The molecule has 3 aromatic rings. The van der Waals surface area contributed by atoms with Crippen molar-refractivity contribution in [2.75, 3.05) is 36.0 Å². The molecule has 8 nitrogen and oxygen atoms in total. The van der Waals surface area contributed by atoms with E-state index in [1.54, 1.807) is 11.0 Å². The number of amides is 3. The summed E-state index contributed by atoms with van der Waals surface area (Å²) in [5.74, 6) is 1.28. The molecule has 0 spiro atoms. The average molecular weight is 541 g/mol. The SMILES string of the molecule is CCOc1cccc2c1O[C@@]1(C)C[C@H]2NC(=O)N1c1cccc(C(=O)N2CCN(c3cccc(C)c3)[C@@H](C)C2)c1. The van der Waals surface area contributed by atoms with Gasteiger partial charge in [0.2, 0.25) is 0 Å². The molecule has 3 atom stereocenters. The summed E-state index contributed by atoms with van der Waals surface area (Å²) in [5, 5.41) is 3.14. The molecule has 3 amide bonds. The van der Waals surface area contributed by atoms with Crippen LogP contribution >= 0.6 is 0 Å². The first-order chi connectivity index (χ1) is 19.3. The number of fused-ring (bicyclic) bond motifs is 4. The molecule has 3 aromatic carbocycles. The first-order valence-electron chi connectivity index (χ1n) is 14.1. The summed E-state index contributed by atoms with van der Waals surface area (Å²) in [6, 6.07) is 21.3. The molecule has 1 N–H and O–H groups in total. The molecule has 3 aliphatic rings. The Labute approximate surface area is 235 Å². The smallest absolute Gasteiger partial charge is 0.325 e. The van der Waals surface area contributed by atoms with Gasteiger partial charge in [-0.05, 0) is 69.7 Å². The van der Waals surface area contributed by atoms with Crippen LogP contribution in [0.2, 0.25) is 0 Å². The van der Waals surface area contributed by atoms with Crippen molar-refractivity contribution in [1.82, 2.24) is 10.2 Å². The summed E-state index contributed by atoms with van der Waals surface area (Å²) >= 11 is 0. The minimum Gasteiger partial charge on any atom is -0.490 e. The highest BCUT2D eigenvalue weighted by Crippen LogP contribution is 2.49. The third kappa shape index (κ3) is 4.51. The second kappa shape index (κ2) is 10.1. The van der Waals surface area contributed by atoms with E-state index >= 15 is 0 Å². The summed E-state index contributed by atoms with van der Waals surface area (Å²) in [4.78, 5) is 33.0. The molecule has 8 heteroatoms. The Morgan fingerprint density at radius 1 is 1.07 bits per heavy atom. The van der Waals surface area contributed by atoms with Crippen LogP contribution in [0.4, 0.5) is 16.2 Å². The van der Waals surface area contributed by atoms with Crippen molar-refractivity contribution in [2.45, 2.75) is 51.9 Å². The van der Waals surface area contributed by atoms with Gasteiger partial charge in [0.1, 0.15) is 0 Å². The molecule has 0 saturated carbocycles. The van der Waals surface area contributed by atoms with Gasteiger partial charge in [-0.15, -0.1) is 0 Å². The molecule has 6 rings (SSSR count). The molecule has 3 heterocycles. The molecule has 2 fully saturated rings. The quantitative estimate of drug-likeness (QED) is 0.462. The van der Waals surface area contributed by atoms with Crippen LogP contribution in [-0.2, 0) is 0 Å². The number of rotatable bonds is 5. The van der Waals surface area contributed by atoms with Crippen molar-refractivity contribution in [3.05, 3.63) is 83.4 Å². The minimum absolute atomic E-state index is 0.0356. The fraction of sp³-hybridized carbons (Fsp3) is 0.375. The van der Waals surface area contributed by atoms with E-state index in [2.05, 4.69) is 48.3 Å². The van der Waals surface area contributed by atoms with Gasteiger partial charge in [0.25, 0.3) is 5.91 Å². The molecule has 0 aliphatic carbocycles. The predicted molar refractivity (Wildman–Crippen MR) is 155 cm³/mol. The monoisotopic (exact) mass is 540 g/mol. The first-order valence-corrected chi connectivity index (χ1v) is 14.1. The highest BCUT2D eigenvalue weighted by atomic mass is 16.5. The maximum Gasteiger partial charge on any atom is 0.325 e. The zero-order chi connectivity index (χ0) is 28.0. The Morgan fingerprint density at radius 3 is 2.62 bits per heavy atom. The van der Waals surface area contributed by atoms with Crippen LogP contribution in [0.5, 0.6) is 11.5 Å². The number of carbonyl (C=O) groups is 2. The largest absolute Gasteiger partial charge is 0.490 e. The summed E-state index contributed by atoms with van der Waals surface area (Å²) in [6.45, 7) is 10.6. The first kappa shape index (κ1) is 26.0. The maximum atomic E-state index is 13.7. The molecule has 2 saturated heterocycles. The number of hydrogen-bond donors (Lipinski definition) is 1. The second-order valence-electron chi connectivity index (χ2n) is 11.1. The molecule has 208 valence electrons. The molecule has 3 aliphatic heterocycles. The molecule has 0 radical (unpaired) electrons. The van der Waals surface area contributed by atoms with Gasteiger partial charge in [-0.3, -0.25) is 9.69 Å². The molecular formula is C32H36N4O4. The van der Waals surface area contributed by atoms with Crippen LogP contribution in [0.25, 0.3) is 0 Å². The average Bonchev–Trinajstić information content (AvgIpc) is 2.93. The Hall–Kier alpha value is -4.20. The number of urea groups is 1. The second-order valence-corrected chi connectivity index (χ2v) is 11.1. The Morgan fingerprint density at radius 2 is 1.85 bits per heavy atom. The number of nitrogens with one attached hydrogen (secondary N) is 1. The number of benzene rings is 3. The van der Waals surface area contributed by atoms with Crippen LogP contribution in [0.15, 0.2) is 66.7 Å². The zero-order valence-corrected chi connectivity index (χ0v) is 23.5. The fourth-order valence-electron chi connectivity index (χ4n) is 6.31. The fourth-order valence-corrected chi connectivity index (χ4v) is 6.31. The lowest BCUT2D eigenvalue weighted by atomic mass is 9.89. The summed E-state index contributed by atoms with van der Waals surface area (Å²) in [5.41, 5.74) is 3.56. The van der Waals surface area contributed by atoms with Crippen molar-refractivity contribution >= 4 is 23.3 Å². The lowest BCUT2D eigenvalue weighted by Crippen LogP contribution is -2.65. The van der Waals surface area contributed by atoms with E-state index in [4.69, 9.17) is 9.47 Å². The van der Waals surface area contributed by atoms with Crippen molar-refractivity contribution in [1.29, 1.82) is 0 Å². The highest BCUT2D eigenvalue weighted by Gasteiger charge is 2.50. The number of piperazine rings is 1. The lowest BCUT2D eigenvalue weighted by Gasteiger charge is -2.50. The number of aryl methyl sites for hydroxylation is 1. The number of hydrogen-bond acceptors (Lipinski definition) is 5. The van der Waals surface area contributed by atoms with Gasteiger partial charge in [-0.1, -0.05) is 30.3 Å². The van der Waals surface area contributed by atoms with E-state index in [1.807, 2.05) is 55.1 Å². The van der Waals surface area contributed by atoms with Gasteiger partial charge in [-0.2, -0.15) is 0 Å². The molecular weight excluding hydrogens is 504 g/mol. The zero-order valence-electron chi connectivity index (χ0n) is 23.5. The number of para-hydroxylation sites is 1. The van der Waals surface area contributed by atoms with E-state index in [1.165, 1.54) is 11.3 Å². The van der Waals surface area contributed by atoms with Crippen molar-refractivity contribution in [3.8, 4) is 11.5 Å². The van der Waals surface area contributed by atoms with Crippen molar-refractivity contribution in [3.63, 3.8) is 0 Å². The van der Waals surface area contributed by atoms with E-state index in [9.17, 15) is 9.59 Å². The van der Waals surface area contributed by atoms with Gasteiger partial charge < -0.3 is 24.6 Å².